The van der Waals surface area contributed by atoms with Gasteiger partial charge in [0, 0.05) is 6.61 Å². The lowest BCUT2D eigenvalue weighted by atomic mass is 10.2. The topological polar surface area (TPSA) is 86.6 Å². The van der Waals surface area contributed by atoms with Gasteiger partial charge in [-0.25, -0.2) is 0 Å². The van der Waals surface area contributed by atoms with Gasteiger partial charge in [0.2, 0.25) is 0 Å². The summed E-state index contributed by atoms with van der Waals surface area (Å²) in [7, 11) is -3.80. The molecule has 0 saturated carbocycles. The van der Waals surface area contributed by atoms with E-state index in [2.05, 4.69) is 5.32 Å². The average molecular weight is 239 g/mol. The maximum absolute atomic E-state index is 10.3. The van der Waals surface area contributed by atoms with Crippen molar-refractivity contribution in [3.63, 3.8) is 0 Å². The lowest BCUT2D eigenvalue weighted by Gasteiger charge is -2.03. The second-order valence-electron chi connectivity index (χ2n) is 3.53. The quantitative estimate of drug-likeness (QED) is 0.379. The Morgan fingerprint density at radius 3 is 2.13 bits per heavy atom. The van der Waals surface area contributed by atoms with Crippen LogP contribution in [-0.2, 0) is 10.1 Å². The van der Waals surface area contributed by atoms with Crippen molar-refractivity contribution >= 4 is 10.1 Å². The minimum Gasteiger partial charge on any atom is -0.396 e. The lowest BCUT2D eigenvalue weighted by molar-refractivity contribution is 0.282. The molecule has 0 aromatic heterocycles. The minimum absolute atomic E-state index is 0.176. The fourth-order valence-corrected chi connectivity index (χ4v) is 1.73. The largest absolute Gasteiger partial charge is 0.396 e. The van der Waals surface area contributed by atoms with E-state index in [1.807, 2.05) is 0 Å². The molecule has 0 aromatic rings. The molecule has 0 spiro atoms. The first kappa shape index (κ1) is 14.8. The fourth-order valence-electron chi connectivity index (χ4n) is 1.22. The third-order valence-corrected chi connectivity index (χ3v) is 2.82. The van der Waals surface area contributed by atoms with Crippen molar-refractivity contribution in [3.8, 4) is 0 Å². The average Bonchev–Trinajstić information content (AvgIpc) is 2.14. The third kappa shape index (κ3) is 13.8. The number of aliphatic hydroxyl groups is 1. The van der Waals surface area contributed by atoms with Gasteiger partial charge in [-0.15, -0.1) is 0 Å². The molecule has 0 rings (SSSR count). The van der Waals surface area contributed by atoms with Gasteiger partial charge in [0.1, 0.15) is 0 Å². The molecular formula is C9H21NO4S. The van der Waals surface area contributed by atoms with E-state index in [1.165, 1.54) is 0 Å². The number of hydrogen-bond donors (Lipinski definition) is 3. The summed E-state index contributed by atoms with van der Waals surface area (Å²) in [6, 6.07) is 0. The maximum Gasteiger partial charge on any atom is 0.264 e. The molecule has 92 valence electrons. The first-order valence-electron chi connectivity index (χ1n) is 5.33. The first-order chi connectivity index (χ1) is 7.06. The van der Waals surface area contributed by atoms with Gasteiger partial charge in [0.25, 0.3) is 10.1 Å². The van der Waals surface area contributed by atoms with Crippen LogP contribution in [0.5, 0.6) is 0 Å². The first-order valence-corrected chi connectivity index (χ1v) is 6.94. The van der Waals surface area contributed by atoms with Crippen LogP contribution < -0.4 is 5.32 Å². The summed E-state index contributed by atoms with van der Waals surface area (Å²) in [5.74, 6) is -0.176. The Balaban J connectivity index is 3.06. The molecule has 0 radical (unpaired) electrons. The minimum atomic E-state index is -3.80. The van der Waals surface area contributed by atoms with Gasteiger partial charge in [-0.05, 0) is 32.4 Å². The highest BCUT2D eigenvalue weighted by atomic mass is 32.2. The number of aliphatic hydroxyl groups excluding tert-OH is 1. The molecule has 3 N–H and O–H groups in total. The van der Waals surface area contributed by atoms with Gasteiger partial charge in [-0.3, -0.25) is 4.55 Å². The molecule has 0 aromatic carbocycles. The van der Waals surface area contributed by atoms with Crippen LogP contribution in [0.1, 0.15) is 32.1 Å². The Kier molecular flexibility index (Phi) is 8.98. The van der Waals surface area contributed by atoms with E-state index in [9.17, 15) is 8.42 Å². The van der Waals surface area contributed by atoms with Crippen LogP contribution in [0.15, 0.2) is 0 Å². The highest BCUT2D eigenvalue weighted by Gasteiger charge is 2.02. The van der Waals surface area contributed by atoms with E-state index in [0.717, 1.165) is 32.2 Å². The smallest absolute Gasteiger partial charge is 0.264 e. The second kappa shape index (κ2) is 9.08. The molecule has 0 aliphatic carbocycles. The van der Waals surface area contributed by atoms with Crippen molar-refractivity contribution in [1.29, 1.82) is 0 Å². The van der Waals surface area contributed by atoms with Gasteiger partial charge in [0.05, 0.1) is 5.75 Å². The molecule has 15 heavy (non-hydrogen) atoms. The van der Waals surface area contributed by atoms with Crippen LogP contribution in [0, 0.1) is 0 Å². The van der Waals surface area contributed by atoms with Crippen molar-refractivity contribution in [2.45, 2.75) is 32.1 Å². The van der Waals surface area contributed by atoms with E-state index in [4.69, 9.17) is 9.66 Å². The number of hydrogen-bond acceptors (Lipinski definition) is 4. The predicted molar refractivity (Wildman–Crippen MR) is 59.5 cm³/mol. The van der Waals surface area contributed by atoms with Crippen LogP contribution in [0.4, 0.5) is 0 Å². The van der Waals surface area contributed by atoms with Crippen LogP contribution in [-0.4, -0.2) is 43.5 Å². The molecule has 5 nitrogen and oxygen atoms in total. The maximum atomic E-state index is 10.3. The summed E-state index contributed by atoms with van der Waals surface area (Å²) in [6.45, 7) is 1.72. The van der Waals surface area contributed by atoms with E-state index < -0.39 is 10.1 Å². The van der Waals surface area contributed by atoms with E-state index >= 15 is 0 Å². The molecule has 6 heteroatoms. The van der Waals surface area contributed by atoms with Gasteiger partial charge in [-0.1, -0.05) is 12.8 Å². The van der Waals surface area contributed by atoms with Crippen LogP contribution in [0.25, 0.3) is 0 Å². The van der Waals surface area contributed by atoms with Crippen molar-refractivity contribution in [1.82, 2.24) is 5.32 Å². The van der Waals surface area contributed by atoms with Gasteiger partial charge < -0.3 is 10.4 Å². The summed E-state index contributed by atoms with van der Waals surface area (Å²) in [4.78, 5) is 0. The van der Waals surface area contributed by atoms with Crippen molar-refractivity contribution in [2.24, 2.45) is 0 Å². The highest BCUT2D eigenvalue weighted by Crippen LogP contribution is 1.97. The SMILES string of the molecule is O=S(=O)(O)CCCNCCCCCCO. The molecule has 0 unspecified atom stereocenters. The molecule has 0 aliphatic rings. The number of nitrogens with one attached hydrogen (secondary N) is 1. The lowest BCUT2D eigenvalue weighted by Crippen LogP contribution is -2.19. The number of rotatable bonds is 10. The van der Waals surface area contributed by atoms with E-state index in [0.29, 0.717) is 13.0 Å². The van der Waals surface area contributed by atoms with Crippen LogP contribution in [0.3, 0.4) is 0 Å². The molecule has 0 bridgehead atoms. The normalized spacial score (nSPS) is 11.9. The molecule has 0 amide bonds. The van der Waals surface area contributed by atoms with Gasteiger partial charge >= 0.3 is 0 Å². The summed E-state index contributed by atoms with van der Waals surface area (Å²) in [6.07, 6.45) is 4.43. The molecule has 0 fully saturated rings. The Hall–Kier alpha value is -0.170. The molecular weight excluding hydrogens is 218 g/mol. The predicted octanol–water partition coefficient (Wildman–Crippen LogP) is 0.407. The summed E-state index contributed by atoms with van der Waals surface area (Å²) < 4.78 is 29.1. The second-order valence-corrected chi connectivity index (χ2v) is 5.10. The molecule has 0 atom stereocenters. The summed E-state index contributed by atoms with van der Waals surface area (Å²) in [5, 5.41) is 11.6. The van der Waals surface area contributed by atoms with Crippen molar-refractivity contribution in [3.05, 3.63) is 0 Å². The van der Waals surface area contributed by atoms with Gasteiger partial charge in [0.15, 0.2) is 0 Å². The standard InChI is InChI=1S/C9H21NO4S/c11-8-4-2-1-3-6-10-7-5-9-15(12,13)14/h10-11H,1-9H2,(H,12,13,14). The van der Waals surface area contributed by atoms with E-state index in [1.54, 1.807) is 0 Å². The molecule has 0 saturated heterocycles. The van der Waals surface area contributed by atoms with Gasteiger partial charge in [-0.2, -0.15) is 8.42 Å². The summed E-state index contributed by atoms with van der Waals surface area (Å²) >= 11 is 0. The van der Waals surface area contributed by atoms with Crippen molar-refractivity contribution in [2.75, 3.05) is 25.4 Å². The van der Waals surface area contributed by atoms with Crippen LogP contribution >= 0.6 is 0 Å². The van der Waals surface area contributed by atoms with Crippen LogP contribution in [0.2, 0.25) is 0 Å². The Labute approximate surface area is 91.6 Å². The molecule has 0 aliphatic heterocycles. The highest BCUT2D eigenvalue weighted by molar-refractivity contribution is 7.85. The van der Waals surface area contributed by atoms with Crippen molar-refractivity contribution < 1.29 is 18.1 Å². The monoisotopic (exact) mass is 239 g/mol. The zero-order chi connectivity index (χ0) is 11.6. The summed E-state index contributed by atoms with van der Waals surface area (Å²) in [5.41, 5.74) is 0. The number of unbranched alkanes of at least 4 members (excludes halogenated alkanes) is 3. The Morgan fingerprint density at radius 2 is 1.53 bits per heavy atom. The molecule has 0 heterocycles. The zero-order valence-corrected chi connectivity index (χ0v) is 9.80. The Bertz CT molecular complexity index is 228. The third-order valence-electron chi connectivity index (χ3n) is 2.02. The fraction of sp³-hybridized carbons (Fsp3) is 1.00. The zero-order valence-electron chi connectivity index (χ0n) is 8.98. The Morgan fingerprint density at radius 1 is 0.933 bits per heavy atom. The van der Waals surface area contributed by atoms with E-state index in [-0.39, 0.29) is 12.4 Å².